The first kappa shape index (κ1) is 13.7. The molecule has 1 aromatic carbocycles. The van der Waals surface area contributed by atoms with Crippen molar-refractivity contribution in [2.45, 2.75) is 20.0 Å². The fourth-order valence-corrected chi connectivity index (χ4v) is 1.56. The molecule has 0 aliphatic heterocycles. The van der Waals surface area contributed by atoms with Crippen molar-refractivity contribution >= 4 is 11.6 Å². The van der Waals surface area contributed by atoms with Gasteiger partial charge in [0.2, 0.25) is 0 Å². The Balaban J connectivity index is 2.80. The summed E-state index contributed by atoms with van der Waals surface area (Å²) >= 11 is 5.89. The summed E-state index contributed by atoms with van der Waals surface area (Å²) in [5, 5.41) is 0.630. The third-order valence-corrected chi connectivity index (χ3v) is 2.35. The highest BCUT2D eigenvalue weighted by Gasteiger charge is 2.16. The van der Waals surface area contributed by atoms with Gasteiger partial charge >= 0.3 is 0 Å². The van der Waals surface area contributed by atoms with Crippen molar-refractivity contribution in [2.75, 3.05) is 6.61 Å². The van der Waals surface area contributed by atoms with E-state index in [4.69, 9.17) is 21.1 Å². The van der Waals surface area contributed by atoms with E-state index in [9.17, 15) is 0 Å². The van der Waals surface area contributed by atoms with E-state index in [1.807, 2.05) is 26.0 Å². The third kappa shape index (κ3) is 4.16. The Labute approximate surface area is 108 Å². The molecule has 1 rings (SSSR count). The number of hydrogen-bond donors (Lipinski definition) is 0. The van der Waals surface area contributed by atoms with Gasteiger partial charge in [-0.05, 0) is 37.6 Å². The van der Waals surface area contributed by atoms with Gasteiger partial charge in [-0.25, -0.2) is 0 Å². The Morgan fingerprint density at radius 2 is 2.12 bits per heavy atom. The minimum atomic E-state index is -0.353. The molecular formula is C14H17ClO2. The van der Waals surface area contributed by atoms with E-state index >= 15 is 0 Å². The molecule has 1 unspecified atom stereocenters. The van der Waals surface area contributed by atoms with Gasteiger partial charge in [0.25, 0.3) is 0 Å². The smallest absolute Gasteiger partial charge is 0.175 e. The van der Waals surface area contributed by atoms with Gasteiger partial charge in [0.15, 0.2) is 6.10 Å². The first-order chi connectivity index (χ1) is 8.04. The molecule has 0 heterocycles. The first-order valence-corrected chi connectivity index (χ1v) is 5.81. The summed E-state index contributed by atoms with van der Waals surface area (Å²) in [6.45, 7) is 12.1. The fourth-order valence-electron chi connectivity index (χ4n) is 1.38. The highest BCUT2D eigenvalue weighted by molar-refractivity contribution is 6.30. The zero-order valence-corrected chi connectivity index (χ0v) is 11.0. The summed E-state index contributed by atoms with van der Waals surface area (Å²) in [5.41, 5.74) is 0.837. The SMILES string of the molecule is C=C(C)C(Oc1cccc(Cl)c1)C(=C)OCC. The first-order valence-electron chi connectivity index (χ1n) is 5.43. The molecular weight excluding hydrogens is 236 g/mol. The van der Waals surface area contributed by atoms with Gasteiger partial charge in [0, 0.05) is 5.02 Å². The normalized spacial score (nSPS) is 11.7. The second-order valence-electron chi connectivity index (χ2n) is 3.70. The van der Waals surface area contributed by atoms with Crippen molar-refractivity contribution < 1.29 is 9.47 Å². The molecule has 0 bridgehead atoms. The zero-order valence-electron chi connectivity index (χ0n) is 10.2. The lowest BCUT2D eigenvalue weighted by Gasteiger charge is -2.21. The highest BCUT2D eigenvalue weighted by Crippen LogP contribution is 2.22. The van der Waals surface area contributed by atoms with Crippen LogP contribution in [0, 0.1) is 0 Å². The molecule has 2 nitrogen and oxygen atoms in total. The molecule has 0 fully saturated rings. The molecule has 1 atom stereocenters. The van der Waals surface area contributed by atoms with Gasteiger partial charge in [-0.1, -0.05) is 30.8 Å². The molecule has 0 spiro atoms. The van der Waals surface area contributed by atoms with Gasteiger partial charge in [-0.15, -0.1) is 0 Å². The number of ether oxygens (including phenoxy) is 2. The summed E-state index contributed by atoms with van der Waals surface area (Å²) in [4.78, 5) is 0. The minimum Gasteiger partial charge on any atom is -0.495 e. The van der Waals surface area contributed by atoms with Gasteiger partial charge in [0.1, 0.15) is 11.5 Å². The second-order valence-corrected chi connectivity index (χ2v) is 4.14. The van der Waals surface area contributed by atoms with Gasteiger partial charge in [0.05, 0.1) is 6.61 Å². The van der Waals surface area contributed by atoms with Gasteiger partial charge in [-0.3, -0.25) is 0 Å². The molecule has 0 amide bonds. The largest absolute Gasteiger partial charge is 0.495 e. The minimum absolute atomic E-state index is 0.353. The van der Waals surface area contributed by atoms with E-state index in [2.05, 4.69) is 13.2 Å². The van der Waals surface area contributed by atoms with E-state index in [0.29, 0.717) is 23.1 Å². The van der Waals surface area contributed by atoms with Crippen molar-refractivity contribution in [2.24, 2.45) is 0 Å². The van der Waals surface area contributed by atoms with E-state index in [1.54, 1.807) is 12.1 Å². The molecule has 92 valence electrons. The van der Waals surface area contributed by atoms with Crippen LogP contribution in [0.25, 0.3) is 0 Å². The Bertz CT molecular complexity index is 412. The van der Waals surface area contributed by atoms with Crippen LogP contribution in [0.15, 0.2) is 48.8 Å². The van der Waals surface area contributed by atoms with E-state index in [1.165, 1.54) is 0 Å². The number of benzene rings is 1. The summed E-state index contributed by atoms with van der Waals surface area (Å²) in [5.74, 6) is 1.23. The summed E-state index contributed by atoms with van der Waals surface area (Å²) < 4.78 is 11.1. The highest BCUT2D eigenvalue weighted by atomic mass is 35.5. The summed E-state index contributed by atoms with van der Waals surface area (Å²) in [6.07, 6.45) is -0.353. The Kier molecular flexibility index (Phi) is 5.11. The van der Waals surface area contributed by atoms with Crippen LogP contribution >= 0.6 is 11.6 Å². The van der Waals surface area contributed by atoms with Crippen LogP contribution in [-0.4, -0.2) is 12.7 Å². The van der Waals surface area contributed by atoms with E-state index in [0.717, 1.165) is 5.57 Å². The average Bonchev–Trinajstić information content (AvgIpc) is 2.26. The molecule has 0 aliphatic rings. The predicted octanol–water partition coefficient (Wildman–Crippen LogP) is 4.21. The predicted molar refractivity (Wildman–Crippen MR) is 71.4 cm³/mol. The maximum atomic E-state index is 5.89. The fraction of sp³-hybridized carbons (Fsp3) is 0.286. The average molecular weight is 253 g/mol. The molecule has 0 saturated carbocycles. The quantitative estimate of drug-likeness (QED) is 0.558. The molecule has 0 aliphatic carbocycles. The summed E-state index contributed by atoms with van der Waals surface area (Å²) in [6, 6.07) is 7.20. The molecule has 0 aromatic heterocycles. The third-order valence-electron chi connectivity index (χ3n) is 2.12. The lowest BCUT2D eigenvalue weighted by atomic mass is 10.1. The summed E-state index contributed by atoms with van der Waals surface area (Å²) in [7, 11) is 0. The second kappa shape index (κ2) is 6.36. The van der Waals surface area contributed by atoms with Crippen molar-refractivity contribution in [1.29, 1.82) is 0 Å². The molecule has 1 aromatic rings. The molecule has 0 saturated heterocycles. The Morgan fingerprint density at radius 3 is 2.65 bits per heavy atom. The van der Waals surface area contributed by atoms with Crippen LogP contribution < -0.4 is 4.74 Å². The van der Waals surface area contributed by atoms with Crippen LogP contribution in [0.4, 0.5) is 0 Å². The number of rotatable bonds is 6. The van der Waals surface area contributed by atoms with E-state index in [-0.39, 0.29) is 6.10 Å². The van der Waals surface area contributed by atoms with Gasteiger partial charge < -0.3 is 9.47 Å². The molecule has 3 heteroatoms. The molecule has 0 radical (unpaired) electrons. The monoisotopic (exact) mass is 252 g/mol. The van der Waals surface area contributed by atoms with Crippen LogP contribution in [0.2, 0.25) is 5.02 Å². The van der Waals surface area contributed by atoms with Crippen molar-refractivity contribution in [3.8, 4) is 5.75 Å². The van der Waals surface area contributed by atoms with Crippen LogP contribution in [0.5, 0.6) is 5.75 Å². The maximum absolute atomic E-state index is 5.89. The van der Waals surface area contributed by atoms with Crippen molar-refractivity contribution in [3.05, 3.63) is 53.8 Å². The van der Waals surface area contributed by atoms with Crippen molar-refractivity contribution in [1.82, 2.24) is 0 Å². The maximum Gasteiger partial charge on any atom is 0.175 e. The zero-order chi connectivity index (χ0) is 12.8. The lowest BCUT2D eigenvalue weighted by molar-refractivity contribution is 0.144. The number of hydrogen-bond acceptors (Lipinski definition) is 2. The Morgan fingerprint density at radius 1 is 1.41 bits per heavy atom. The lowest BCUT2D eigenvalue weighted by Crippen LogP contribution is -2.21. The van der Waals surface area contributed by atoms with Crippen molar-refractivity contribution in [3.63, 3.8) is 0 Å². The van der Waals surface area contributed by atoms with Gasteiger partial charge in [-0.2, -0.15) is 0 Å². The number of halogens is 1. The van der Waals surface area contributed by atoms with E-state index < -0.39 is 0 Å². The van der Waals surface area contributed by atoms with Crippen LogP contribution in [0.3, 0.4) is 0 Å². The molecule has 0 N–H and O–H groups in total. The topological polar surface area (TPSA) is 18.5 Å². The van der Waals surface area contributed by atoms with Crippen LogP contribution in [-0.2, 0) is 4.74 Å². The van der Waals surface area contributed by atoms with Crippen LogP contribution in [0.1, 0.15) is 13.8 Å². The molecule has 17 heavy (non-hydrogen) atoms. The standard InChI is InChI=1S/C14H17ClO2/c1-5-16-11(4)14(10(2)3)17-13-8-6-7-12(15)9-13/h6-9,14H,2,4-5H2,1,3H3. The Hall–Kier alpha value is -1.41.